The van der Waals surface area contributed by atoms with E-state index in [0.29, 0.717) is 0 Å². The second-order valence-corrected chi connectivity index (χ2v) is 6.49. The van der Waals surface area contributed by atoms with Gasteiger partial charge < -0.3 is 0 Å². The predicted octanol–water partition coefficient (Wildman–Crippen LogP) is 4.16. The molecular weight excluding hydrogens is 200 g/mol. The Morgan fingerprint density at radius 2 is 1.47 bits per heavy atom. The highest BCUT2D eigenvalue weighted by Crippen LogP contribution is 2.62. The van der Waals surface area contributed by atoms with Crippen molar-refractivity contribution in [2.75, 3.05) is 5.75 Å². The van der Waals surface area contributed by atoms with Gasteiger partial charge >= 0.3 is 0 Å². The highest BCUT2D eigenvalue weighted by molar-refractivity contribution is 7.80. The Kier molecular flexibility index (Phi) is 3.02. The molecule has 0 aliphatic heterocycles. The van der Waals surface area contributed by atoms with Crippen molar-refractivity contribution in [1.29, 1.82) is 0 Å². The fourth-order valence-electron chi connectivity index (χ4n) is 5.19. The molecule has 0 N–H and O–H groups in total. The van der Waals surface area contributed by atoms with Crippen molar-refractivity contribution in [3.8, 4) is 0 Å². The monoisotopic (exact) mass is 224 g/mol. The summed E-state index contributed by atoms with van der Waals surface area (Å²) in [5.41, 5.74) is 0. The van der Waals surface area contributed by atoms with Crippen LogP contribution in [-0.4, -0.2) is 5.75 Å². The smallest absolute Gasteiger partial charge is 0.00979 e. The first-order chi connectivity index (χ1) is 7.42. The SMILES string of the molecule is SCCCCC1C2CCC1C1CCCC12. The summed E-state index contributed by atoms with van der Waals surface area (Å²) in [7, 11) is 0. The number of hydrogen-bond donors (Lipinski definition) is 1. The van der Waals surface area contributed by atoms with E-state index in [9.17, 15) is 0 Å². The normalized spacial score (nSPS) is 47.4. The van der Waals surface area contributed by atoms with Gasteiger partial charge in [-0.2, -0.15) is 12.6 Å². The van der Waals surface area contributed by atoms with Gasteiger partial charge in [0, 0.05) is 0 Å². The fourth-order valence-corrected chi connectivity index (χ4v) is 5.42. The average molecular weight is 224 g/mol. The summed E-state index contributed by atoms with van der Waals surface area (Å²) >= 11 is 4.32. The lowest BCUT2D eigenvalue weighted by Gasteiger charge is -2.23. The van der Waals surface area contributed by atoms with Crippen LogP contribution >= 0.6 is 12.6 Å². The van der Waals surface area contributed by atoms with Crippen LogP contribution < -0.4 is 0 Å². The van der Waals surface area contributed by atoms with Crippen LogP contribution in [0, 0.1) is 29.6 Å². The molecule has 0 radical (unpaired) electrons. The molecule has 3 rings (SSSR count). The van der Waals surface area contributed by atoms with Gasteiger partial charge in [-0.25, -0.2) is 0 Å². The van der Waals surface area contributed by atoms with E-state index >= 15 is 0 Å². The maximum Gasteiger partial charge on any atom is -0.00979 e. The van der Waals surface area contributed by atoms with Crippen molar-refractivity contribution in [1.82, 2.24) is 0 Å². The van der Waals surface area contributed by atoms with E-state index < -0.39 is 0 Å². The van der Waals surface area contributed by atoms with Crippen molar-refractivity contribution in [2.24, 2.45) is 29.6 Å². The molecule has 0 saturated heterocycles. The van der Waals surface area contributed by atoms with Crippen molar-refractivity contribution in [3.05, 3.63) is 0 Å². The van der Waals surface area contributed by atoms with E-state index in [1.54, 1.807) is 32.1 Å². The van der Waals surface area contributed by atoms with Gasteiger partial charge in [-0.1, -0.05) is 12.8 Å². The van der Waals surface area contributed by atoms with Gasteiger partial charge in [0.15, 0.2) is 0 Å². The minimum absolute atomic E-state index is 1.09. The van der Waals surface area contributed by atoms with Crippen LogP contribution in [0.3, 0.4) is 0 Å². The van der Waals surface area contributed by atoms with Gasteiger partial charge in [0.1, 0.15) is 0 Å². The summed E-state index contributed by atoms with van der Waals surface area (Å²) in [5.74, 6) is 6.88. The van der Waals surface area contributed by atoms with Gasteiger partial charge in [-0.05, 0) is 73.9 Å². The second kappa shape index (κ2) is 4.31. The molecule has 4 unspecified atom stereocenters. The van der Waals surface area contributed by atoms with E-state index in [-0.39, 0.29) is 0 Å². The molecule has 4 atom stereocenters. The Hall–Kier alpha value is 0.350. The minimum Gasteiger partial charge on any atom is -0.179 e. The molecule has 3 aliphatic rings. The van der Waals surface area contributed by atoms with Crippen LogP contribution in [0.5, 0.6) is 0 Å². The Morgan fingerprint density at radius 3 is 2.07 bits per heavy atom. The topological polar surface area (TPSA) is 0 Å². The van der Waals surface area contributed by atoms with Crippen molar-refractivity contribution >= 4 is 12.6 Å². The van der Waals surface area contributed by atoms with E-state index in [1.165, 1.54) is 31.1 Å². The highest BCUT2D eigenvalue weighted by atomic mass is 32.1. The molecular formula is C14H24S. The Bertz CT molecular complexity index is 207. The summed E-state index contributed by atoms with van der Waals surface area (Å²) in [4.78, 5) is 0. The number of thiol groups is 1. The molecule has 0 spiro atoms. The standard InChI is InChI=1S/C14H24S/c15-9-2-1-4-10-13-7-8-14(10)12-6-3-5-11(12)13/h10-15H,1-9H2. The predicted molar refractivity (Wildman–Crippen MR) is 68.2 cm³/mol. The van der Waals surface area contributed by atoms with Crippen LogP contribution in [-0.2, 0) is 0 Å². The second-order valence-electron chi connectivity index (χ2n) is 6.05. The first kappa shape index (κ1) is 10.5. The number of hydrogen-bond acceptors (Lipinski definition) is 1. The summed E-state index contributed by atoms with van der Waals surface area (Å²) in [6.45, 7) is 0. The van der Waals surface area contributed by atoms with Crippen molar-refractivity contribution in [3.63, 3.8) is 0 Å². The third-order valence-corrected chi connectivity index (χ3v) is 5.92. The molecule has 15 heavy (non-hydrogen) atoms. The average Bonchev–Trinajstić information content (AvgIpc) is 2.88. The minimum atomic E-state index is 1.09. The Morgan fingerprint density at radius 1 is 0.800 bits per heavy atom. The van der Waals surface area contributed by atoms with Gasteiger partial charge in [-0.15, -0.1) is 0 Å². The molecule has 3 aliphatic carbocycles. The quantitative estimate of drug-likeness (QED) is 0.538. The van der Waals surface area contributed by atoms with Crippen LogP contribution in [0.4, 0.5) is 0 Å². The van der Waals surface area contributed by atoms with Gasteiger partial charge in [0.25, 0.3) is 0 Å². The molecule has 1 heteroatoms. The molecule has 2 bridgehead atoms. The zero-order valence-electron chi connectivity index (χ0n) is 9.70. The third kappa shape index (κ3) is 1.66. The molecule has 3 fully saturated rings. The van der Waals surface area contributed by atoms with Gasteiger partial charge in [-0.3, -0.25) is 0 Å². The van der Waals surface area contributed by atoms with E-state index in [2.05, 4.69) is 12.6 Å². The molecule has 3 saturated carbocycles. The molecule has 0 heterocycles. The van der Waals surface area contributed by atoms with E-state index in [4.69, 9.17) is 0 Å². The third-order valence-electron chi connectivity index (χ3n) is 5.60. The summed E-state index contributed by atoms with van der Waals surface area (Å²) in [6, 6.07) is 0. The Labute approximate surface area is 99.6 Å². The van der Waals surface area contributed by atoms with Crippen LogP contribution in [0.2, 0.25) is 0 Å². The zero-order chi connectivity index (χ0) is 10.3. The Balaban J connectivity index is 1.62. The van der Waals surface area contributed by atoms with E-state index in [0.717, 1.165) is 23.5 Å². The van der Waals surface area contributed by atoms with Crippen LogP contribution in [0.1, 0.15) is 51.4 Å². The largest absolute Gasteiger partial charge is 0.179 e. The number of rotatable bonds is 4. The lowest BCUT2D eigenvalue weighted by Crippen LogP contribution is -2.15. The lowest BCUT2D eigenvalue weighted by atomic mass is 9.82. The van der Waals surface area contributed by atoms with Crippen LogP contribution in [0.15, 0.2) is 0 Å². The summed E-state index contributed by atoms with van der Waals surface area (Å²) < 4.78 is 0. The summed E-state index contributed by atoms with van der Waals surface area (Å²) in [5, 5.41) is 0. The first-order valence-electron chi connectivity index (χ1n) is 7.02. The summed E-state index contributed by atoms with van der Waals surface area (Å²) in [6.07, 6.45) is 12.2. The van der Waals surface area contributed by atoms with E-state index in [1.807, 2.05) is 0 Å². The number of unbranched alkanes of at least 4 members (excludes halogenated alkanes) is 1. The van der Waals surface area contributed by atoms with Crippen molar-refractivity contribution in [2.45, 2.75) is 51.4 Å². The maximum atomic E-state index is 4.32. The molecule has 0 nitrogen and oxygen atoms in total. The first-order valence-corrected chi connectivity index (χ1v) is 7.66. The molecule has 0 aromatic heterocycles. The van der Waals surface area contributed by atoms with Crippen LogP contribution in [0.25, 0.3) is 0 Å². The number of fused-ring (bicyclic) bond motifs is 5. The lowest BCUT2D eigenvalue weighted by molar-refractivity contribution is 0.259. The molecule has 0 aromatic rings. The molecule has 86 valence electrons. The molecule has 0 amide bonds. The van der Waals surface area contributed by atoms with Crippen molar-refractivity contribution < 1.29 is 0 Å². The zero-order valence-corrected chi connectivity index (χ0v) is 10.6. The fraction of sp³-hybridized carbons (Fsp3) is 1.00. The molecule has 0 aromatic carbocycles. The van der Waals surface area contributed by atoms with Gasteiger partial charge in [0.2, 0.25) is 0 Å². The highest BCUT2D eigenvalue weighted by Gasteiger charge is 2.54. The maximum absolute atomic E-state index is 4.32. The van der Waals surface area contributed by atoms with Gasteiger partial charge in [0.05, 0.1) is 0 Å².